The summed E-state index contributed by atoms with van der Waals surface area (Å²) in [7, 11) is 0. The van der Waals surface area contributed by atoms with Gasteiger partial charge < -0.3 is 5.73 Å². The van der Waals surface area contributed by atoms with Gasteiger partial charge in [-0.25, -0.2) is 0 Å². The lowest BCUT2D eigenvalue weighted by Gasteiger charge is -2.41. The van der Waals surface area contributed by atoms with Crippen LogP contribution in [0.25, 0.3) is 0 Å². The number of hydrogen-bond acceptors (Lipinski definition) is 2. The molecule has 0 amide bonds. The molecular formula is C10H15NS. The number of hydrogen-bond donors (Lipinski definition) is 1. The molecular weight excluding hydrogens is 166 g/mol. The van der Waals surface area contributed by atoms with Crippen LogP contribution in [0, 0.1) is 5.92 Å². The molecule has 1 nitrogen and oxygen atoms in total. The molecule has 1 aliphatic rings. The molecule has 1 saturated carbocycles. The third kappa shape index (κ3) is 1.19. The predicted molar refractivity (Wildman–Crippen MR) is 53.4 cm³/mol. The van der Waals surface area contributed by atoms with E-state index >= 15 is 0 Å². The van der Waals surface area contributed by atoms with Crippen LogP contribution in [0.3, 0.4) is 0 Å². The monoisotopic (exact) mass is 181 g/mol. The summed E-state index contributed by atoms with van der Waals surface area (Å²) in [5.41, 5.74) is 5.93. The van der Waals surface area contributed by atoms with Crippen LogP contribution in [0.4, 0.5) is 0 Å². The van der Waals surface area contributed by atoms with Crippen molar-refractivity contribution in [1.29, 1.82) is 0 Å². The van der Waals surface area contributed by atoms with Crippen molar-refractivity contribution in [2.24, 2.45) is 11.7 Å². The molecule has 0 spiro atoms. The minimum Gasteiger partial charge on any atom is -0.327 e. The van der Waals surface area contributed by atoms with Gasteiger partial charge >= 0.3 is 0 Å². The minimum atomic E-state index is 0.460. The van der Waals surface area contributed by atoms with Gasteiger partial charge in [0.05, 0.1) is 0 Å². The largest absolute Gasteiger partial charge is 0.327 e. The third-order valence-corrected chi connectivity index (χ3v) is 3.98. The fraction of sp³-hybridized carbons (Fsp3) is 0.600. The molecule has 2 N–H and O–H groups in total. The van der Waals surface area contributed by atoms with Crippen LogP contribution in [0.1, 0.15) is 30.6 Å². The van der Waals surface area contributed by atoms with Crippen LogP contribution < -0.4 is 5.73 Å². The summed E-state index contributed by atoms with van der Waals surface area (Å²) in [5, 5.41) is 2.16. The highest BCUT2D eigenvalue weighted by Crippen LogP contribution is 2.44. The molecule has 66 valence electrons. The fourth-order valence-electron chi connectivity index (χ4n) is 2.16. The highest BCUT2D eigenvalue weighted by atomic mass is 32.1. The molecule has 2 heteroatoms. The highest BCUT2D eigenvalue weighted by Gasteiger charge is 2.38. The topological polar surface area (TPSA) is 26.0 Å². The molecule has 3 atom stereocenters. The van der Waals surface area contributed by atoms with E-state index in [9.17, 15) is 0 Å². The molecule has 1 heterocycles. The fourth-order valence-corrected chi connectivity index (χ4v) is 3.08. The Morgan fingerprint density at radius 2 is 2.50 bits per heavy atom. The maximum absolute atomic E-state index is 5.93. The molecule has 2 rings (SSSR count). The van der Waals surface area contributed by atoms with Crippen molar-refractivity contribution >= 4 is 11.3 Å². The molecule has 3 unspecified atom stereocenters. The Bertz CT molecular complexity index is 242. The van der Waals surface area contributed by atoms with E-state index in [4.69, 9.17) is 5.73 Å². The Kier molecular flexibility index (Phi) is 2.20. The van der Waals surface area contributed by atoms with Gasteiger partial charge in [-0.1, -0.05) is 19.4 Å². The van der Waals surface area contributed by atoms with Crippen molar-refractivity contribution in [3.8, 4) is 0 Å². The lowest BCUT2D eigenvalue weighted by Crippen LogP contribution is -2.45. The highest BCUT2D eigenvalue weighted by molar-refractivity contribution is 7.10. The summed E-state index contributed by atoms with van der Waals surface area (Å²) in [6, 6.07) is 4.84. The van der Waals surface area contributed by atoms with Crippen LogP contribution >= 0.6 is 11.3 Å². The van der Waals surface area contributed by atoms with E-state index in [0.717, 1.165) is 11.8 Å². The lowest BCUT2D eigenvalue weighted by atomic mass is 9.68. The van der Waals surface area contributed by atoms with E-state index in [1.54, 1.807) is 0 Å². The van der Waals surface area contributed by atoms with Crippen molar-refractivity contribution in [3.05, 3.63) is 22.4 Å². The van der Waals surface area contributed by atoms with Crippen molar-refractivity contribution in [3.63, 3.8) is 0 Å². The zero-order chi connectivity index (χ0) is 8.55. The molecule has 0 bridgehead atoms. The molecule has 1 aromatic heterocycles. The average Bonchev–Trinajstić information content (AvgIpc) is 2.52. The van der Waals surface area contributed by atoms with Gasteiger partial charge in [0, 0.05) is 10.9 Å². The zero-order valence-corrected chi connectivity index (χ0v) is 8.18. The SMILES string of the molecule is CCC1C(N)CC1c1cccs1. The van der Waals surface area contributed by atoms with Gasteiger partial charge in [0.1, 0.15) is 0 Å². The minimum absolute atomic E-state index is 0.460. The summed E-state index contributed by atoms with van der Waals surface area (Å²) in [5.74, 6) is 1.51. The number of nitrogens with two attached hydrogens (primary N) is 1. The van der Waals surface area contributed by atoms with E-state index in [2.05, 4.69) is 24.4 Å². The summed E-state index contributed by atoms with van der Waals surface area (Å²) >= 11 is 1.87. The van der Waals surface area contributed by atoms with Crippen LogP contribution in [0.15, 0.2) is 17.5 Å². The second-order valence-electron chi connectivity index (χ2n) is 3.59. The Balaban J connectivity index is 2.08. The van der Waals surface area contributed by atoms with Crippen LogP contribution in [-0.2, 0) is 0 Å². The summed E-state index contributed by atoms with van der Waals surface area (Å²) in [4.78, 5) is 1.53. The van der Waals surface area contributed by atoms with Gasteiger partial charge in [0.2, 0.25) is 0 Å². The van der Waals surface area contributed by atoms with Gasteiger partial charge in [0.15, 0.2) is 0 Å². The van der Waals surface area contributed by atoms with E-state index in [1.165, 1.54) is 17.7 Å². The Morgan fingerprint density at radius 3 is 3.00 bits per heavy atom. The molecule has 0 aromatic carbocycles. The van der Waals surface area contributed by atoms with Crippen LogP contribution in [-0.4, -0.2) is 6.04 Å². The van der Waals surface area contributed by atoms with Gasteiger partial charge in [-0.3, -0.25) is 0 Å². The Morgan fingerprint density at radius 1 is 1.67 bits per heavy atom. The van der Waals surface area contributed by atoms with E-state index in [-0.39, 0.29) is 0 Å². The second-order valence-corrected chi connectivity index (χ2v) is 4.57. The van der Waals surface area contributed by atoms with E-state index in [1.807, 2.05) is 11.3 Å². The average molecular weight is 181 g/mol. The molecule has 0 radical (unpaired) electrons. The normalized spacial score (nSPS) is 34.7. The second kappa shape index (κ2) is 3.19. The molecule has 1 aliphatic carbocycles. The summed E-state index contributed by atoms with van der Waals surface area (Å²) in [6.45, 7) is 2.24. The molecule has 1 aromatic rings. The van der Waals surface area contributed by atoms with Crippen molar-refractivity contribution in [2.45, 2.75) is 31.7 Å². The molecule has 12 heavy (non-hydrogen) atoms. The predicted octanol–water partition coefficient (Wildman–Crippen LogP) is 2.59. The van der Waals surface area contributed by atoms with E-state index < -0.39 is 0 Å². The lowest BCUT2D eigenvalue weighted by molar-refractivity contribution is 0.201. The number of thiophene rings is 1. The van der Waals surface area contributed by atoms with Crippen molar-refractivity contribution in [2.75, 3.05) is 0 Å². The Labute approximate surface area is 77.6 Å². The van der Waals surface area contributed by atoms with Gasteiger partial charge in [-0.05, 0) is 29.7 Å². The first-order chi connectivity index (χ1) is 5.83. The van der Waals surface area contributed by atoms with Crippen molar-refractivity contribution in [1.82, 2.24) is 0 Å². The van der Waals surface area contributed by atoms with Gasteiger partial charge in [0.25, 0.3) is 0 Å². The maximum atomic E-state index is 5.93. The van der Waals surface area contributed by atoms with Crippen molar-refractivity contribution < 1.29 is 0 Å². The smallest absolute Gasteiger partial charge is 0.00801 e. The van der Waals surface area contributed by atoms with E-state index in [0.29, 0.717) is 6.04 Å². The maximum Gasteiger partial charge on any atom is 0.00801 e. The molecule has 0 saturated heterocycles. The first-order valence-electron chi connectivity index (χ1n) is 4.62. The van der Waals surface area contributed by atoms with Gasteiger partial charge in [-0.15, -0.1) is 11.3 Å². The first-order valence-corrected chi connectivity index (χ1v) is 5.50. The van der Waals surface area contributed by atoms with Crippen LogP contribution in [0.2, 0.25) is 0 Å². The quantitative estimate of drug-likeness (QED) is 0.745. The first kappa shape index (κ1) is 8.27. The zero-order valence-electron chi connectivity index (χ0n) is 7.36. The van der Waals surface area contributed by atoms with Crippen LogP contribution in [0.5, 0.6) is 0 Å². The number of rotatable bonds is 2. The summed E-state index contributed by atoms with van der Waals surface area (Å²) < 4.78 is 0. The standard InChI is InChI=1S/C10H15NS/c1-2-7-8(6-9(7)11)10-4-3-5-12-10/h3-5,7-9H,2,6,11H2,1H3. The summed E-state index contributed by atoms with van der Waals surface area (Å²) in [6.07, 6.45) is 2.42. The molecule has 0 aliphatic heterocycles. The van der Waals surface area contributed by atoms with Gasteiger partial charge in [-0.2, -0.15) is 0 Å². The Hall–Kier alpha value is -0.340. The third-order valence-electron chi connectivity index (χ3n) is 2.97. The molecule has 1 fully saturated rings.